The van der Waals surface area contributed by atoms with Crippen molar-refractivity contribution in [1.29, 1.82) is 0 Å². The molecule has 0 aliphatic carbocycles. The summed E-state index contributed by atoms with van der Waals surface area (Å²) in [5.74, 6) is -1.27. The van der Waals surface area contributed by atoms with Gasteiger partial charge in [-0.05, 0) is 74.3 Å². The number of hydrogen-bond donors (Lipinski definition) is 2. The third-order valence-electron chi connectivity index (χ3n) is 8.31. The van der Waals surface area contributed by atoms with Crippen LogP contribution in [0.1, 0.15) is 89.1 Å². The first-order valence-electron chi connectivity index (χ1n) is 14.3. The highest BCUT2D eigenvalue weighted by molar-refractivity contribution is 6.23. The first kappa shape index (κ1) is 27.6. The standard InChI is InChI=1S/C31H36N4O5/c1-20-7-4-5-8-23(20)21-14-17-34(18-15-21)28(37)9-3-2-6-16-32-22-10-11-24-25(19-22)31(40)35(30(24)39)26-12-13-27(36)33-29(26)38/h4-5,7-8,10-11,19,21,26,32H,2-3,6,9,12-18H2,1H3,(H,33,36,38). The molecule has 0 spiro atoms. The number of imide groups is 2. The van der Waals surface area contributed by atoms with Gasteiger partial charge >= 0.3 is 0 Å². The number of carbonyl (C=O) groups is 5. The van der Waals surface area contributed by atoms with Crippen LogP contribution in [0.2, 0.25) is 0 Å². The number of rotatable bonds is 9. The Kier molecular flexibility index (Phi) is 8.28. The predicted molar refractivity (Wildman–Crippen MR) is 150 cm³/mol. The number of carbonyl (C=O) groups excluding carboxylic acids is 5. The summed E-state index contributed by atoms with van der Waals surface area (Å²) in [6.45, 7) is 4.47. The lowest BCUT2D eigenvalue weighted by Gasteiger charge is -2.33. The number of unbranched alkanes of at least 4 members (excludes halogenated alkanes) is 2. The van der Waals surface area contributed by atoms with Crippen molar-refractivity contribution in [3.8, 4) is 0 Å². The molecule has 3 aliphatic rings. The summed E-state index contributed by atoms with van der Waals surface area (Å²) in [7, 11) is 0. The Morgan fingerprint density at radius 3 is 2.42 bits per heavy atom. The number of hydrogen-bond acceptors (Lipinski definition) is 6. The van der Waals surface area contributed by atoms with Gasteiger partial charge in [-0.25, -0.2) is 0 Å². The summed E-state index contributed by atoms with van der Waals surface area (Å²) in [6, 6.07) is 12.6. The van der Waals surface area contributed by atoms with E-state index in [-0.39, 0.29) is 29.9 Å². The Balaban J connectivity index is 1.03. The fourth-order valence-electron chi connectivity index (χ4n) is 6.03. The van der Waals surface area contributed by atoms with Crippen LogP contribution >= 0.6 is 0 Å². The smallest absolute Gasteiger partial charge is 0.262 e. The van der Waals surface area contributed by atoms with E-state index in [1.54, 1.807) is 18.2 Å². The first-order valence-corrected chi connectivity index (χ1v) is 14.3. The van der Waals surface area contributed by atoms with Gasteiger partial charge in [-0.15, -0.1) is 0 Å². The van der Waals surface area contributed by atoms with Gasteiger partial charge < -0.3 is 10.2 Å². The Labute approximate surface area is 234 Å². The van der Waals surface area contributed by atoms with Crippen molar-refractivity contribution in [2.24, 2.45) is 0 Å². The van der Waals surface area contributed by atoms with Crippen molar-refractivity contribution in [3.05, 3.63) is 64.7 Å². The highest BCUT2D eigenvalue weighted by Gasteiger charge is 2.44. The third-order valence-corrected chi connectivity index (χ3v) is 8.31. The summed E-state index contributed by atoms with van der Waals surface area (Å²) in [5.41, 5.74) is 3.99. The van der Waals surface area contributed by atoms with Gasteiger partial charge in [0.25, 0.3) is 11.8 Å². The number of aryl methyl sites for hydroxylation is 1. The topological polar surface area (TPSA) is 116 Å². The molecule has 2 aromatic carbocycles. The molecular formula is C31H36N4O5. The maximum Gasteiger partial charge on any atom is 0.262 e. The van der Waals surface area contributed by atoms with Crippen molar-refractivity contribution in [3.63, 3.8) is 0 Å². The van der Waals surface area contributed by atoms with Gasteiger partial charge in [0.2, 0.25) is 17.7 Å². The molecule has 210 valence electrons. The Morgan fingerprint density at radius 2 is 1.68 bits per heavy atom. The van der Waals surface area contributed by atoms with E-state index < -0.39 is 29.7 Å². The summed E-state index contributed by atoms with van der Waals surface area (Å²) in [5, 5.41) is 5.50. The average Bonchev–Trinajstić information content (AvgIpc) is 3.20. The van der Waals surface area contributed by atoms with Crippen LogP contribution in [0.4, 0.5) is 5.69 Å². The maximum absolute atomic E-state index is 13.0. The van der Waals surface area contributed by atoms with E-state index >= 15 is 0 Å². The molecule has 9 heteroatoms. The number of anilines is 1. The van der Waals surface area contributed by atoms with E-state index in [0.29, 0.717) is 18.9 Å². The largest absolute Gasteiger partial charge is 0.385 e. The SMILES string of the molecule is Cc1ccccc1C1CCN(C(=O)CCCCCNc2ccc3c(c2)C(=O)N(C2CCC(=O)NC2=O)C3=O)CC1. The molecule has 5 rings (SSSR count). The Bertz CT molecular complexity index is 1330. The first-order chi connectivity index (χ1) is 19.3. The molecule has 0 bridgehead atoms. The van der Waals surface area contributed by atoms with Crippen LogP contribution in [-0.2, 0) is 14.4 Å². The van der Waals surface area contributed by atoms with Crippen LogP contribution in [0.5, 0.6) is 0 Å². The lowest BCUT2D eigenvalue weighted by atomic mass is 9.87. The van der Waals surface area contributed by atoms with E-state index in [1.165, 1.54) is 11.1 Å². The highest BCUT2D eigenvalue weighted by Crippen LogP contribution is 2.31. The van der Waals surface area contributed by atoms with Crippen molar-refractivity contribution >= 4 is 35.2 Å². The molecule has 2 saturated heterocycles. The fraction of sp³-hybridized carbons (Fsp3) is 0.452. The second-order valence-corrected chi connectivity index (χ2v) is 11.0. The zero-order valence-corrected chi connectivity index (χ0v) is 22.9. The summed E-state index contributed by atoms with van der Waals surface area (Å²) in [4.78, 5) is 65.2. The number of likely N-dealkylation sites (tertiary alicyclic amines) is 1. The Hall–Kier alpha value is -4.01. The molecule has 0 aromatic heterocycles. The molecule has 0 saturated carbocycles. The molecule has 1 atom stereocenters. The second-order valence-electron chi connectivity index (χ2n) is 11.0. The Morgan fingerprint density at radius 1 is 0.925 bits per heavy atom. The molecular weight excluding hydrogens is 508 g/mol. The highest BCUT2D eigenvalue weighted by atomic mass is 16.2. The molecule has 5 amide bonds. The van der Waals surface area contributed by atoms with Crippen LogP contribution in [0.3, 0.4) is 0 Å². The molecule has 2 aromatic rings. The maximum atomic E-state index is 13.0. The lowest BCUT2D eigenvalue weighted by Crippen LogP contribution is -2.54. The zero-order valence-electron chi connectivity index (χ0n) is 22.9. The number of nitrogens with zero attached hydrogens (tertiary/aromatic N) is 2. The zero-order chi connectivity index (χ0) is 28.2. The minimum Gasteiger partial charge on any atom is -0.385 e. The van der Waals surface area contributed by atoms with Crippen molar-refractivity contribution in [2.75, 3.05) is 25.0 Å². The van der Waals surface area contributed by atoms with Gasteiger partial charge in [0.1, 0.15) is 6.04 Å². The summed E-state index contributed by atoms with van der Waals surface area (Å²) < 4.78 is 0. The van der Waals surface area contributed by atoms with E-state index in [1.807, 2.05) is 4.90 Å². The molecule has 9 nitrogen and oxygen atoms in total. The average molecular weight is 545 g/mol. The van der Waals surface area contributed by atoms with Crippen molar-refractivity contribution in [1.82, 2.24) is 15.1 Å². The van der Waals surface area contributed by atoms with Crippen molar-refractivity contribution < 1.29 is 24.0 Å². The molecule has 0 radical (unpaired) electrons. The molecule has 40 heavy (non-hydrogen) atoms. The third kappa shape index (κ3) is 5.78. The predicted octanol–water partition coefficient (Wildman–Crippen LogP) is 3.77. The molecule has 1 unspecified atom stereocenters. The van der Waals surface area contributed by atoms with Gasteiger partial charge in [0.05, 0.1) is 11.1 Å². The van der Waals surface area contributed by atoms with Crippen LogP contribution in [0.25, 0.3) is 0 Å². The van der Waals surface area contributed by atoms with E-state index in [2.05, 4.69) is 41.8 Å². The van der Waals surface area contributed by atoms with Crippen LogP contribution in [0, 0.1) is 6.92 Å². The minimum atomic E-state index is -0.969. The van der Waals surface area contributed by atoms with Crippen LogP contribution in [0.15, 0.2) is 42.5 Å². The molecule has 2 N–H and O–H groups in total. The summed E-state index contributed by atoms with van der Waals surface area (Å²) >= 11 is 0. The van der Waals surface area contributed by atoms with E-state index in [9.17, 15) is 24.0 Å². The van der Waals surface area contributed by atoms with Gasteiger partial charge in [-0.2, -0.15) is 0 Å². The van der Waals surface area contributed by atoms with Gasteiger partial charge in [-0.3, -0.25) is 34.2 Å². The molecule has 3 aliphatic heterocycles. The minimum absolute atomic E-state index is 0.0920. The monoisotopic (exact) mass is 544 g/mol. The number of fused-ring (bicyclic) bond motifs is 1. The summed E-state index contributed by atoms with van der Waals surface area (Å²) in [6.07, 6.45) is 5.42. The number of benzene rings is 2. The van der Waals surface area contributed by atoms with Gasteiger partial charge in [-0.1, -0.05) is 30.7 Å². The fourth-order valence-corrected chi connectivity index (χ4v) is 6.03. The van der Waals surface area contributed by atoms with Crippen LogP contribution < -0.4 is 10.6 Å². The second kappa shape index (κ2) is 12.0. The van der Waals surface area contributed by atoms with Gasteiger partial charge in [0, 0.05) is 38.2 Å². The van der Waals surface area contributed by atoms with E-state index in [4.69, 9.17) is 0 Å². The lowest BCUT2D eigenvalue weighted by molar-refractivity contribution is -0.136. The number of nitrogens with one attached hydrogen (secondary N) is 2. The number of amides is 5. The number of piperidine rings is 2. The van der Waals surface area contributed by atoms with Gasteiger partial charge in [0.15, 0.2) is 0 Å². The normalized spacial score (nSPS) is 19.6. The van der Waals surface area contributed by atoms with Crippen LogP contribution in [-0.4, -0.2) is 65.0 Å². The molecule has 3 heterocycles. The van der Waals surface area contributed by atoms with Crippen molar-refractivity contribution in [2.45, 2.75) is 70.3 Å². The van der Waals surface area contributed by atoms with E-state index in [0.717, 1.165) is 55.8 Å². The molecule has 2 fully saturated rings. The quantitative estimate of drug-likeness (QED) is 0.367.